The number of fused-ring (bicyclic) bond motifs is 1. The summed E-state index contributed by atoms with van der Waals surface area (Å²) in [5.74, 6) is 2.06. The summed E-state index contributed by atoms with van der Waals surface area (Å²) in [6.07, 6.45) is 2.53. The van der Waals surface area contributed by atoms with Gasteiger partial charge in [-0.25, -0.2) is 0 Å². The molecule has 3 rings (SSSR count). The highest BCUT2D eigenvalue weighted by atomic mass is 79.9. The average molecular weight is 329 g/mol. The normalized spacial score (nSPS) is 35.1. The van der Waals surface area contributed by atoms with Crippen molar-refractivity contribution in [3.63, 3.8) is 0 Å². The van der Waals surface area contributed by atoms with Crippen LogP contribution in [0.25, 0.3) is 0 Å². The molecule has 0 bridgehead atoms. The van der Waals surface area contributed by atoms with E-state index in [-0.39, 0.29) is 5.60 Å². The number of halogens is 1. The van der Waals surface area contributed by atoms with Crippen LogP contribution >= 0.6 is 27.7 Å². The number of thioether (sulfide) groups is 1. The summed E-state index contributed by atoms with van der Waals surface area (Å²) < 4.78 is 7.29. The first kappa shape index (κ1) is 12.8. The van der Waals surface area contributed by atoms with Crippen molar-refractivity contribution in [2.24, 2.45) is 0 Å². The number of aliphatic hydroxyl groups excluding tert-OH is 1. The summed E-state index contributed by atoms with van der Waals surface area (Å²) in [6.45, 7) is 2.22. The number of ether oxygens (including phenoxy) is 1. The van der Waals surface area contributed by atoms with E-state index in [1.807, 2.05) is 30.0 Å². The van der Waals surface area contributed by atoms with Crippen LogP contribution in [0.1, 0.15) is 37.9 Å². The molecule has 2 aliphatic heterocycles. The molecule has 0 radical (unpaired) electrons. The third-order valence-corrected chi connectivity index (χ3v) is 5.98. The van der Waals surface area contributed by atoms with Crippen molar-refractivity contribution in [1.29, 1.82) is 0 Å². The monoisotopic (exact) mass is 328 g/mol. The van der Waals surface area contributed by atoms with E-state index in [1.165, 1.54) is 12.2 Å². The lowest BCUT2D eigenvalue weighted by Crippen LogP contribution is -2.50. The van der Waals surface area contributed by atoms with Crippen LogP contribution < -0.4 is 4.74 Å². The maximum absolute atomic E-state index is 10.4. The van der Waals surface area contributed by atoms with Crippen molar-refractivity contribution in [2.75, 3.05) is 5.75 Å². The second-order valence-electron chi connectivity index (χ2n) is 5.19. The van der Waals surface area contributed by atoms with E-state index in [0.29, 0.717) is 11.7 Å². The van der Waals surface area contributed by atoms with Crippen molar-refractivity contribution < 1.29 is 9.84 Å². The van der Waals surface area contributed by atoms with Crippen LogP contribution in [0.3, 0.4) is 0 Å². The minimum Gasteiger partial charge on any atom is -0.486 e. The SMILES string of the molecule is CC1SCCCC12C[C@H](O)c1cc(Br)ccc1O2. The van der Waals surface area contributed by atoms with Crippen LogP contribution in [0, 0.1) is 0 Å². The predicted octanol–water partition coefficient (Wildman–Crippen LogP) is 3.92. The molecular weight excluding hydrogens is 312 g/mol. The molecule has 0 saturated carbocycles. The molecule has 1 aromatic rings. The Kier molecular flexibility index (Phi) is 3.37. The lowest BCUT2D eigenvalue weighted by molar-refractivity contribution is -0.0212. The Labute approximate surface area is 120 Å². The van der Waals surface area contributed by atoms with Gasteiger partial charge in [0.05, 0.1) is 6.10 Å². The molecule has 2 aliphatic rings. The molecule has 4 heteroatoms. The molecule has 2 heterocycles. The van der Waals surface area contributed by atoms with E-state index < -0.39 is 6.10 Å². The highest BCUT2D eigenvalue weighted by molar-refractivity contribution is 9.10. The quantitative estimate of drug-likeness (QED) is 0.782. The Hall–Kier alpha value is -0.190. The van der Waals surface area contributed by atoms with Crippen molar-refractivity contribution in [3.05, 3.63) is 28.2 Å². The molecule has 2 unspecified atom stereocenters. The fourth-order valence-corrected chi connectivity index (χ4v) is 4.57. The van der Waals surface area contributed by atoms with Gasteiger partial charge in [-0.2, -0.15) is 11.8 Å². The van der Waals surface area contributed by atoms with Crippen molar-refractivity contribution >= 4 is 27.7 Å². The molecule has 0 aromatic heterocycles. The first-order valence-corrected chi connectivity index (χ1v) is 8.23. The van der Waals surface area contributed by atoms with Crippen molar-refractivity contribution in [2.45, 2.75) is 43.1 Å². The zero-order valence-electron chi connectivity index (χ0n) is 10.4. The molecule has 0 amide bonds. The number of hydrogen-bond donors (Lipinski definition) is 1. The van der Waals surface area contributed by atoms with Crippen LogP contribution in [0.4, 0.5) is 0 Å². The lowest BCUT2D eigenvalue weighted by atomic mass is 9.83. The second kappa shape index (κ2) is 4.73. The van der Waals surface area contributed by atoms with Gasteiger partial charge in [0.15, 0.2) is 0 Å². The van der Waals surface area contributed by atoms with Gasteiger partial charge in [0, 0.05) is 21.7 Å². The minimum atomic E-state index is -0.410. The van der Waals surface area contributed by atoms with Gasteiger partial charge in [0.25, 0.3) is 0 Å². The Morgan fingerprint density at radius 1 is 1.50 bits per heavy atom. The number of hydrogen-bond acceptors (Lipinski definition) is 3. The molecule has 1 aromatic carbocycles. The molecular formula is C14H17BrO2S. The van der Waals surface area contributed by atoms with Crippen LogP contribution in [0.15, 0.2) is 22.7 Å². The maximum atomic E-state index is 10.4. The number of benzene rings is 1. The van der Waals surface area contributed by atoms with E-state index in [2.05, 4.69) is 22.9 Å². The summed E-state index contributed by atoms with van der Waals surface area (Å²) in [7, 11) is 0. The summed E-state index contributed by atoms with van der Waals surface area (Å²) in [5.41, 5.74) is 0.737. The molecule has 1 spiro atoms. The van der Waals surface area contributed by atoms with Gasteiger partial charge in [0.1, 0.15) is 11.4 Å². The predicted molar refractivity (Wildman–Crippen MR) is 78.2 cm³/mol. The van der Waals surface area contributed by atoms with Gasteiger partial charge in [-0.3, -0.25) is 0 Å². The molecule has 3 atom stereocenters. The average Bonchev–Trinajstić information content (AvgIpc) is 2.34. The van der Waals surface area contributed by atoms with E-state index in [9.17, 15) is 5.11 Å². The van der Waals surface area contributed by atoms with E-state index in [1.54, 1.807) is 0 Å². The fourth-order valence-electron chi connectivity index (χ4n) is 2.96. The molecule has 1 fully saturated rings. The Balaban J connectivity index is 1.98. The summed E-state index contributed by atoms with van der Waals surface area (Å²) in [5, 5.41) is 10.9. The molecule has 18 heavy (non-hydrogen) atoms. The van der Waals surface area contributed by atoms with E-state index >= 15 is 0 Å². The van der Waals surface area contributed by atoms with Gasteiger partial charge in [-0.1, -0.05) is 15.9 Å². The Morgan fingerprint density at radius 2 is 2.33 bits per heavy atom. The van der Waals surface area contributed by atoms with Gasteiger partial charge < -0.3 is 9.84 Å². The number of rotatable bonds is 0. The number of aliphatic hydroxyl groups is 1. The zero-order chi connectivity index (χ0) is 12.8. The van der Waals surface area contributed by atoms with Crippen LogP contribution in [0.5, 0.6) is 5.75 Å². The highest BCUT2D eigenvalue weighted by Gasteiger charge is 2.46. The first-order valence-electron chi connectivity index (χ1n) is 6.39. The molecule has 1 N–H and O–H groups in total. The standard InChI is InChI=1S/C14H17BrO2S/c1-9-14(5-2-6-18-9)8-12(16)11-7-10(15)3-4-13(11)17-14/h3-4,7,9,12,16H,2,5-6,8H2,1H3/t9?,12-,14?/m0/s1. The van der Waals surface area contributed by atoms with Crippen molar-refractivity contribution in [1.82, 2.24) is 0 Å². The first-order chi connectivity index (χ1) is 8.61. The second-order valence-corrected chi connectivity index (χ2v) is 7.55. The summed E-state index contributed by atoms with van der Waals surface area (Å²) in [4.78, 5) is 0. The largest absolute Gasteiger partial charge is 0.486 e. The van der Waals surface area contributed by atoms with E-state index in [0.717, 1.165) is 22.2 Å². The van der Waals surface area contributed by atoms with Crippen LogP contribution in [-0.2, 0) is 0 Å². The molecule has 1 saturated heterocycles. The molecule has 98 valence electrons. The summed E-state index contributed by atoms with van der Waals surface area (Å²) >= 11 is 5.40. The Bertz CT molecular complexity index is 465. The molecule has 2 nitrogen and oxygen atoms in total. The van der Waals surface area contributed by atoms with Gasteiger partial charge in [-0.15, -0.1) is 0 Å². The summed E-state index contributed by atoms with van der Waals surface area (Å²) in [6, 6.07) is 5.91. The van der Waals surface area contributed by atoms with Crippen molar-refractivity contribution in [3.8, 4) is 5.75 Å². The maximum Gasteiger partial charge on any atom is 0.126 e. The lowest BCUT2D eigenvalue weighted by Gasteiger charge is -2.46. The van der Waals surface area contributed by atoms with Gasteiger partial charge in [-0.05, 0) is 43.7 Å². The highest BCUT2D eigenvalue weighted by Crippen LogP contribution is 2.48. The Morgan fingerprint density at radius 3 is 3.11 bits per heavy atom. The minimum absolute atomic E-state index is 0.177. The van der Waals surface area contributed by atoms with Crippen LogP contribution in [-0.4, -0.2) is 21.7 Å². The zero-order valence-corrected chi connectivity index (χ0v) is 12.8. The molecule has 0 aliphatic carbocycles. The third kappa shape index (κ3) is 2.08. The topological polar surface area (TPSA) is 29.5 Å². The fraction of sp³-hybridized carbons (Fsp3) is 0.571. The van der Waals surface area contributed by atoms with Gasteiger partial charge in [0.2, 0.25) is 0 Å². The van der Waals surface area contributed by atoms with Gasteiger partial charge >= 0.3 is 0 Å². The van der Waals surface area contributed by atoms with E-state index in [4.69, 9.17) is 4.74 Å². The third-order valence-electron chi connectivity index (χ3n) is 4.04. The smallest absolute Gasteiger partial charge is 0.126 e. The van der Waals surface area contributed by atoms with Crippen LogP contribution in [0.2, 0.25) is 0 Å².